The van der Waals surface area contributed by atoms with Crippen LogP contribution in [0.2, 0.25) is 5.02 Å². The number of hydrogen-bond acceptors (Lipinski definition) is 1. The van der Waals surface area contributed by atoms with E-state index in [1.165, 1.54) is 24.3 Å². The van der Waals surface area contributed by atoms with E-state index in [1.807, 2.05) is 0 Å². The van der Waals surface area contributed by atoms with Crippen LogP contribution in [-0.2, 0) is 0 Å². The molecule has 15 heavy (non-hydrogen) atoms. The Kier molecular flexibility index (Phi) is 2.56. The minimum atomic E-state index is -0.416. The maximum absolute atomic E-state index is 13.4. The molecule has 1 N–H and O–H groups in total. The summed E-state index contributed by atoms with van der Waals surface area (Å²) in [6.45, 7) is 0. The summed E-state index contributed by atoms with van der Waals surface area (Å²) >= 11 is 5.75. The van der Waals surface area contributed by atoms with Gasteiger partial charge in [0, 0.05) is 16.7 Å². The molecule has 0 atom stereocenters. The Morgan fingerprint density at radius 1 is 1.20 bits per heavy atom. The minimum absolute atomic E-state index is 0.271. The molecule has 1 aromatic heterocycles. The van der Waals surface area contributed by atoms with Crippen molar-refractivity contribution in [2.45, 2.75) is 0 Å². The first-order chi connectivity index (χ1) is 7.16. The SMILES string of the molecule is O=c1cccc(-c2cc(Cl)ccc2F)[nH]1. The topological polar surface area (TPSA) is 32.9 Å². The molecular formula is C11H7ClFNO. The highest BCUT2D eigenvalue weighted by atomic mass is 35.5. The molecule has 0 aliphatic heterocycles. The van der Waals surface area contributed by atoms with Gasteiger partial charge in [0.15, 0.2) is 0 Å². The van der Waals surface area contributed by atoms with E-state index in [4.69, 9.17) is 11.6 Å². The van der Waals surface area contributed by atoms with Gasteiger partial charge < -0.3 is 4.98 Å². The molecule has 1 heterocycles. The highest BCUT2D eigenvalue weighted by Crippen LogP contribution is 2.23. The van der Waals surface area contributed by atoms with Crippen LogP contribution in [-0.4, -0.2) is 4.98 Å². The molecule has 76 valence electrons. The van der Waals surface area contributed by atoms with Crippen LogP contribution in [0.3, 0.4) is 0 Å². The third kappa shape index (κ3) is 2.07. The van der Waals surface area contributed by atoms with Crippen LogP contribution in [0.1, 0.15) is 0 Å². The predicted octanol–water partition coefficient (Wildman–Crippen LogP) is 2.83. The summed E-state index contributed by atoms with van der Waals surface area (Å²) in [5, 5.41) is 0.427. The average molecular weight is 224 g/mol. The lowest BCUT2D eigenvalue weighted by Crippen LogP contribution is -2.04. The largest absolute Gasteiger partial charge is 0.322 e. The molecule has 0 saturated carbocycles. The molecule has 0 spiro atoms. The average Bonchev–Trinajstić information content (AvgIpc) is 2.22. The number of hydrogen-bond donors (Lipinski definition) is 1. The van der Waals surface area contributed by atoms with E-state index in [0.717, 1.165) is 0 Å². The van der Waals surface area contributed by atoms with E-state index in [9.17, 15) is 9.18 Å². The van der Waals surface area contributed by atoms with E-state index in [0.29, 0.717) is 16.3 Å². The first-order valence-electron chi connectivity index (χ1n) is 4.31. The number of H-pyrrole nitrogens is 1. The van der Waals surface area contributed by atoms with Crippen molar-refractivity contribution >= 4 is 11.6 Å². The molecule has 2 rings (SSSR count). The maximum Gasteiger partial charge on any atom is 0.248 e. The maximum atomic E-state index is 13.4. The second-order valence-corrected chi connectivity index (χ2v) is 3.49. The van der Waals surface area contributed by atoms with Gasteiger partial charge in [-0.05, 0) is 24.3 Å². The van der Waals surface area contributed by atoms with E-state index in [1.54, 1.807) is 12.1 Å². The Hall–Kier alpha value is -1.61. The van der Waals surface area contributed by atoms with Gasteiger partial charge in [-0.25, -0.2) is 4.39 Å². The van der Waals surface area contributed by atoms with E-state index < -0.39 is 5.82 Å². The summed E-state index contributed by atoms with van der Waals surface area (Å²) in [7, 11) is 0. The van der Waals surface area contributed by atoms with Crippen LogP contribution in [0.25, 0.3) is 11.3 Å². The molecule has 0 radical (unpaired) electrons. The van der Waals surface area contributed by atoms with Gasteiger partial charge in [0.1, 0.15) is 5.82 Å². The standard InChI is InChI=1S/C11H7ClFNO/c12-7-4-5-9(13)8(6-7)10-2-1-3-11(15)14-10/h1-6H,(H,14,15). The molecule has 2 nitrogen and oxygen atoms in total. The molecule has 0 fully saturated rings. The van der Waals surface area contributed by atoms with Gasteiger partial charge in [-0.1, -0.05) is 17.7 Å². The lowest BCUT2D eigenvalue weighted by atomic mass is 10.1. The summed E-state index contributed by atoms with van der Waals surface area (Å²) in [6, 6.07) is 8.75. The van der Waals surface area contributed by atoms with Gasteiger partial charge in [-0.2, -0.15) is 0 Å². The number of rotatable bonds is 1. The zero-order chi connectivity index (χ0) is 10.8. The summed E-state index contributed by atoms with van der Waals surface area (Å²) in [4.78, 5) is 13.6. The van der Waals surface area contributed by atoms with E-state index in [2.05, 4.69) is 4.98 Å². The number of halogens is 2. The van der Waals surface area contributed by atoms with Crippen molar-refractivity contribution in [1.29, 1.82) is 0 Å². The van der Waals surface area contributed by atoms with Gasteiger partial charge >= 0.3 is 0 Å². The Morgan fingerprint density at radius 2 is 2.00 bits per heavy atom. The van der Waals surface area contributed by atoms with Crippen molar-refractivity contribution in [2.75, 3.05) is 0 Å². The molecule has 1 aromatic carbocycles. The second-order valence-electron chi connectivity index (χ2n) is 3.05. The van der Waals surface area contributed by atoms with Gasteiger partial charge in [-0.15, -0.1) is 0 Å². The number of aromatic nitrogens is 1. The third-order valence-corrected chi connectivity index (χ3v) is 2.22. The third-order valence-electron chi connectivity index (χ3n) is 1.99. The van der Waals surface area contributed by atoms with Gasteiger partial charge in [0.25, 0.3) is 0 Å². The van der Waals surface area contributed by atoms with Crippen molar-refractivity contribution in [3.63, 3.8) is 0 Å². The van der Waals surface area contributed by atoms with Crippen molar-refractivity contribution < 1.29 is 4.39 Å². The van der Waals surface area contributed by atoms with Gasteiger partial charge in [0.05, 0.1) is 5.69 Å². The summed E-state index contributed by atoms with van der Waals surface area (Å²) in [6.07, 6.45) is 0. The fourth-order valence-corrected chi connectivity index (χ4v) is 1.48. The lowest BCUT2D eigenvalue weighted by molar-refractivity contribution is 0.630. The zero-order valence-electron chi connectivity index (χ0n) is 7.63. The summed E-state index contributed by atoms with van der Waals surface area (Å²) in [5.74, 6) is -0.416. The number of benzene rings is 1. The second kappa shape index (κ2) is 3.87. The van der Waals surface area contributed by atoms with Crippen LogP contribution in [0.15, 0.2) is 41.2 Å². The Balaban J connectivity index is 2.63. The van der Waals surface area contributed by atoms with Gasteiger partial charge in [-0.3, -0.25) is 4.79 Å². The Morgan fingerprint density at radius 3 is 2.73 bits per heavy atom. The summed E-state index contributed by atoms with van der Waals surface area (Å²) < 4.78 is 13.4. The van der Waals surface area contributed by atoms with Crippen molar-refractivity contribution in [3.8, 4) is 11.3 Å². The quantitative estimate of drug-likeness (QED) is 0.792. The first kappa shape index (κ1) is 9.93. The molecular weight excluding hydrogens is 217 g/mol. The Bertz CT molecular complexity index is 550. The predicted molar refractivity (Wildman–Crippen MR) is 57.5 cm³/mol. The van der Waals surface area contributed by atoms with E-state index in [-0.39, 0.29) is 5.56 Å². The van der Waals surface area contributed by atoms with E-state index >= 15 is 0 Å². The first-order valence-corrected chi connectivity index (χ1v) is 4.69. The molecule has 0 aliphatic rings. The van der Waals surface area contributed by atoms with Crippen LogP contribution >= 0.6 is 11.6 Å². The highest BCUT2D eigenvalue weighted by molar-refractivity contribution is 6.30. The fourth-order valence-electron chi connectivity index (χ4n) is 1.31. The van der Waals surface area contributed by atoms with Gasteiger partial charge in [0.2, 0.25) is 5.56 Å². The number of pyridine rings is 1. The molecule has 2 aromatic rings. The normalized spacial score (nSPS) is 10.3. The monoisotopic (exact) mass is 223 g/mol. The smallest absolute Gasteiger partial charge is 0.248 e. The Labute approximate surface area is 90.3 Å². The number of nitrogens with one attached hydrogen (secondary N) is 1. The van der Waals surface area contributed by atoms with Crippen molar-refractivity contribution in [2.24, 2.45) is 0 Å². The molecule has 0 aliphatic carbocycles. The van der Waals surface area contributed by atoms with Crippen LogP contribution in [0.5, 0.6) is 0 Å². The minimum Gasteiger partial charge on any atom is -0.322 e. The lowest BCUT2D eigenvalue weighted by Gasteiger charge is -2.03. The highest BCUT2D eigenvalue weighted by Gasteiger charge is 2.05. The fraction of sp³-hybridized carbons (Fsp3) is 0. The molecule has 0 bridgehead atoms. The summed E-state index contributed by atoms with van der Waals surface area (Å²) in [5.41, 5.74) is 0.439. The van der Waals surface area contributed by atoms with Crippen LogP contribution in [0, 0.1) is 5.82 Å². The molecule has 4 heteroatoms. The number of aromatic amines is 1. The molecule has 0 saturated heterocycles. The molecule has 0 unspecified atom stereocenters. The van der Waals surface area contributed by atoms with Crippen LogP contribution in [0.4, 0.5) is 4.39 Å². The molecule has 0 amide bonds. The van der Waals surface area contributed by atoms with Crippen LogP contribution < -0.4 is 5.56 Å². The zero-order valence-corrected chi connectivity index (χ0v) is 8.38. The van der Waals surface area contributed by atoms with Crippen molar-refractivity contribution in [1.82, 2.24) is 4.98 Å². The van der Waals surface area contributed by atoms with Crippen molar-refractivity contribution in [3.05, 3.63) is 57.6 Å².